The molecule has 0 heterocycles. The standard InChI is InChI=1S/C8H5F12P/c9-3-2(4(3)10)1-21(7(17,18)5(11,12)13)8(19,20)6(14,15)16/h2-4H,1H2. The molecule has 1 aliphatic carbocycles. The minimum Gasteiger partial charge on any atom is -0.244 e. The van der Waals surface area contributed by atoms with Gasteiger partial charge >= 0.3 is 23.7 Å². The van der Waals surface area contributed by atoms with Crippen molar-refractivity contribution in [1.29, 1.82) is 0 Å². The molecule has 126 valence electrons. The van der Waals surface area contributed by atoms with E-state index >= 15 is 0 Å². The minimum absolute atomic E-state index is 2.23. The highest BCUT2D eigenvalue weighted by molar-refractivity contribution is 7.60. The van der Waals surface area contributed by atoms with Crippen molar-refractivity contribution in [3.8, 4) is 0 Å². The monoisotopic (exact) mass is 360 g/mol. The third-order valence-electron chi connectivity index (χ3n) is 2.73. The lowest BCUT2D eigenvalue weighted by atomic mass is 10.5. The molecular formula is C8H5F12P. The van der Waals surface area contributed by atoms with Crippen LogP contribution >= 0.6 is 7.92 Å². The Hall–Kier alpha value is -0.410. The fraction of sp³-hybridized carbons (Fsp3) is 1.00. The average Bonchev–Trinajstić information content (AvgIpc) is 2.79. The molecule has 0 aromatic rings. The molecule has 0 saturated heterocycles. The van der Waals surface area contributed by atoms with Crippen LogP contribution in [-0.4, -0.2) is 42.2 Å². The normalized spacial score (nSPS) is 28.1. The maximum atomic E-state index is 12.9. The third kappa shape index (κ3) is 3.19. The van der Waals surface area contributed by atoms with Crippen LogP contribution in [0.25, 0.3) is 0 Å². The van der Waals surface area contributed by atoms with Crippen molar-refractivity contribution in [3.05, 3.63) is 0 Å². The molecule has 0 aromatic carbocycles. The number of alkyl halides is 12. The first kappa shape index (κ1) is 18.6. The first-order valence-electron chi connectivity index (χ1n) is 5.00. The van der Waals surface area contributed by atoms with Crippen molar-refractivity contribution < 1.29 is 52.7 Å². The van der Waals surface area contributed by atoms with E-state index in [1.807, 2.05) is 0 Å². The Morgan fingerprint density at radius 3 is 1.10 bits per heavy atom. The Kier molecular flexibility index (Phi) is 4.49. The van der Waals surface area contributed by atoms with Crippen LogP contribution in [0.15, 0.2) is 0 Å². The molecule has 0 bridgehead atoms. The van der Waals surface area contributed by atoms with Crippen LogP contribution in [0.4, 0.5) is 52.7 Å². The lowest BCUT2D eigenvalue weighted by Gasteiger charge is -2.35. The van der Waals surface area contributed by atoms with E-state index in [9.17, 15) is 52.7 Å². The molecule has 0 amide bonds. The van der Waals surface area contributed by atoms with E-state index in [1.54, 1.807) is 0 Å². The summed E-state index contributed by atoms with van der Waals surface area (Å²) in [5, 5.41) is 0. The molecule has 2 atom stereocenters. The Bertz CT molecular complexity index is 350. The van der Waals surface area contributed by atoms with Gasteiger partial charge in [-0.05, 0) is 6.16 Å². The van der Waals surface area contributed by atoms with Crippen molar-refractivity contribution in [2.45, 2.75) is 36.0 Å². The summed E-state index contributed by atoms with van der Waals surface area (Å²) >= 11 is 0. The van der Waals surface area contributed by atoms with E-state index in [-0.39, 0.29) is 0 Å². The first-order valence-corrected chi connectivity index (χ1v) is 6.52. The van der Waals surface area contributed by atoms with Gasteiger partial charge in [-0.25, -0.2) is 8.78 Å². The Balaban J connectivity index is 3.18. The zero-order valence-electron chi connectivity index (χ0n) is 9.42. The average molecular weight is 360 g/mol. The molecule has 0 aromatic heterocycles. The second kappa shape index (κ2) is 5.06. The highest BCUT2D eigenvalue weighted by Crippen LogP contribution is 2.73. The van der Waals surface area contributed by atoms with E-state index in [2.05, 4.69) is 0 Å². The van der Waals surface area contributed by atoms with Crippen LogP contribution in [0.5, 0.6) is 0 Å². The van der Waals surface area contributed by atoms with E-state index in [0.29, 0.717) is 0 Å². The van der Waals surface area contributed by atoms with Gasteiger partial charge < -0.3 is 0 Å². The topological polar surface area (TPSA) is 0 Å². The van der Waals surface area contributed by atoms with Crippen molar-refractivity contribution in [2.24, 2.45) is 5.92 Å². The van der Waals surface area contributed by atoms with Crippen LogP contribution in [0.2, 0.25) is 0 Å². The number of hydrogen-bond acceptors (Lipinski definition) is 0. The molecule has 1 fully saturated rings. The van der Waals surface area contributed by atoms with Gasteiger partial charge in [0.05, 0.1) is 7.92 Å². The van der Waals surface area contributed by atoms with Crippen LogP contribution in [0, 0.1) is 5.92 Å². The van der Waals surface area contributed by atoms with Gasteiger partial charge in [-0.15, -0.1) is 0 Å². The van der Waals surface area contributed by atoms with Gasteiger partial charge in [0.15, 0.2) is 0 Å². The van der Waals surface area contributed by atoms with Gasteiger partial charge in [0.2, 0.25) is 0 Å². The second-order valence-corrected chi connectivity index (χ2v) is 6.59. The van der Waals surface area contributed by atoms with Gasteiger partial charge in [0, 0.05) is 5.92 Å². The van der Waals surface area contributed by atoms with Gasteiger partial charge in [-0.1, -0.05) is 0 Å². The Labute approximate surface area is 110 Å². The van der Waals surface area contributed by atoms with Gasteiger partial charge in [-0.2, -0.15) is 43.9 Å². The van der Waals surface area contributed by atoms with E-state index in [1.165, 1.54) is 0 Å². The minimum atomic E-state index is -6.69. The van der Waals surface area contributed by atoms with Crippen molar-refractivity contribution in [3.63, 3.8) is 0 Å². The molecule has 0 spiro atoms. The molecule has 0 radical (unpaired) electrons. The highest BCUT2D eigenvalue weighted by Gasteiger charge is 2.77. The van der Waals surface area contributed by atoms with Crippen LogP contribution in [0.3, 0.4) is 0 Å². The fourth-order valence-electron chi connectivity index (χ4n) is 1.42. The van der Waals surface area contributed by atoms with Crippen LogP contribution < -0.4 is 0 Å². The molecular weight excluding hydrogens is 355 g/mol. The summed E-state index contributed by atoms with van der Waals surface area (Å²) in [6, 6.07) is 0. The largest absolute Gasteiger partial charge is 0.457 e. The van der Waals surface area contributed by atoms with Gasteiger partial charge in [0.25, 0.3) is 0 Å². The predicted molar refractivity (Wildman–Crippen MR) is 47.1 cm³/mol. The molecule has 1 saturated carbocycles. The number of hydrogen-bond donors (Lipinski definition) is 0. The lowest BCUT2D eigenvalue weighted by Crippen LogP contribution is -2.46. The number of rotatable bonds is 4. The maximum absolute atomic E-state index is 12.9. The SMILES string of the molecule is FC1C(F)C1CP(C(F)(F)C(F)(F)F)C(F)(F)C(F)(F)F. The summed E-state index contributed by atoms with van der Waals surface area (Å²) in [4.78, 5) is 0. The van der Waals surface area contributed by atoms with Gasteiger partial charge in [-0.3, -0.25) is 0 Å². The molecule has 2 unspecified atom stereocenters. The lowest BCUT2D eigenvalue weighted by molar-refractivity contribution is -0.262. The van der Waals surface area contributed by atoms with Gasteiger partial charge in [0.1, 0.15) is 12.3 Å². The van der Waals surface area contributed by atoms with Crippen LogP contribution in [0.1, 0.15) is 0 Å². The summed E-state index contributed by atoms with van der Waals surface area (Å²) in [5.74, 6) is -2.32. The quantitative estimate of drug-likeness (QED) is 0.484. The van der Waals surface area contributed by atoms with Crippen molar-refractivity contribution in [2.75, 3.05) is 6.16 Å². The second-order valence-electron chi connectivity index (χ2n) is 4.24. The molecule has 1 rings (SSSR count). The van der Waals surface area contributed by atoms with E-state index in [4.69, 9.17) is 0 Å². The third-order valence-corrected chi connectivity index (χ3v) is 5.38. The van der Waals surface area contributed by atoms with Crippen molar-refractivity contribution in [1.82, 2.24) is 0 Å². The first-order chi connectivity index (χ1) is 9.05. The zero-order valence-corrected chi connectivity index (χ0v) is 10.3. The van der Waals surface area contributed by atoms with E-state index < -0.39 is 56.0 Å². The van der Waals surface area contributed by atoms with Crippen LogP contribution in [-0.2, 0) is 0 Å². The van der Waals surface area contributed by atoms with Crippen molar-refractivity contribution >= 4 is 7.92 Å². The van der Waals surface area contributed by atoms with E-state index in [0.717, 1.165) is 0 Å². The molecule has 0 aliphatic heterocycles. The Morgan fingerprint density at radius 2 is 0.905 bits per heavy atom. The Morgan fingerprint density at radius 1 is 0.619 bits per heavy atom. The molecule has 1 aliphatic rings. The number of halogens is 12. The highest BCUT2D eigenvalue weighted by atomic mass is 31.1. The molecule has 13 heteroatoms. The smallest absolute Gasteiger partial charge is 0.244 e. The molecule has 0 nitrogen and oxygen atoms in total. The summed E-state index contributed by atoms with van der Waals surface area (Å²) in [7, 11) is -5.45. The summed E-state index contributed by atoms with van der Waals surface area (Å²) in [5.41, 5.74) is -12.8. The summed E-state index contributed by atoms with van der Waals surface area (Å²) in [6.07, 6.45) is -20.9. The molecule has 0 N–H and O–H groups in total. The molecule has 21 heavy (non-hydrogen) atoms. The maximum Gasteiger partial charge on any atom is 0.457 e. The predicted octanol–water partition coefficient (Wildman–Crippen LogP) is 5.08. The summed E-state index contributed by atoms with van der Waals surface area (Å²) in [6.45, 7) is 0. The zero-order chi connectivity index (χ0) is 17.0. The fourth-order valence-corrected chi connectivity index (χ4v) is 3.66. The summed E-state index contributed by atoms with van der Waals surface area (Å²) < 4.78 is 149.